The lowest BCUT2D eigenvalue weighted by Gasteiger charge is -2.16. The van der Waals surface area contributed by atoms with Crippen LogP contribution in [0, 0.1) is 0 Å². The molecular weight excluding hydrogens is 412 g/mol. The van der Waals surface area contributed by atoms with Gasteiger partial charge in [0.15, 0.2) is 11.0 Å². The number of aromatic nitrogens is 3. The highest BCUT2D eigenvalue weighted by molar-refractivity contribution is 7.99. The van der Waals surface area contributed by atoms with Crippen LogP contribution < -0.4 is 5.32 Å². The maximum absolute atomic E-state index is 12.3. The zero-order valence-corrected chi connectivity index (χ0v) is 19.2. The van der Waals surface area contributed by atoms with Crippen molar-refractivity contribution >= 4 is 29.0 Å². The van der Waals surface area contributed by atoms with Crippen LogP contribution in [0.4, 0.5) is 0 Å². The van der Waals surface area contributed by atoms with Gasteiger partial charge in [0.05, 0.1) is 5.75 Å². The molecule has 1 aliphatic carbocycles. The third-order valence-corrected chi connectivity index (χ3v) is 7.43. The first kappa shape index (κ1) is 21.1. The van der Waals surface area contributed by atoms with Gasteiger partial charge in [-0.3, -0.25) is 9.36 Å². The van der Waals surface area contributed by atoms with E-state index in [-0.39, 0.29) is 11.9 Å². The molecule has 1 N–H and O–H groups in total. The van der Waals surface area contributed by atoms with Gasteiger partial charge in [-0.25, -0.2) is 0 Å². The van der Waals surface area contributed by atoms with Crippen LogP contribution in [0.15, 0.2) is 40.9 Å². The van der Waals surface area contributed by atoms with Crippen LogP contribution >= 0.6 is 23.1 Å². The summed E-state index contributed by atoms with van der Waals surface area (Å²) in [6, 6.07) is 10.4. The molecule has 158 valence electrons. The summed E-state index contributed by atoms with van der Waals surface area (Å²) in [6.45, 7) is 4.94. The molecule has 2 aromatic heterocycles. The second-order valence-electron chi connectivity index (χ2n) is 7.90. The topological polar surface area (TPSA) is 59.8 Å². The second-order valence-corrected chi connectivity index (χ2v) is 9.81. The number of carbonyl (C=O) groups is 1. The summed E-state index contributed by atoms with van der Waals surface area (Å²) >= 11 is 3.32. The molecule has 4 rings (SSSR count). The molecule has 1 amide bonds. The Morgan fingerprint density at radius 3 is 2.80 bits per heavy atom. The number of carbonyl (C=O) groups excluding carboxylic acids is 1. The molecule has 7 heteroatoms. The summed E-state index contributed by atoms with van der Waals surface area (Å²) in [5, 5.41) is 15.0. The fraction of sp³-hybridized carbons (Fsp3) is 0.435. The molecule has 0 saturated carbocycles. The van der Waals surface area contributed by atoms with Crippen LogP contribution in [0.1, 0.15) is 48.7 Å². The molecule has 1 aromatic carbocycles. The van der Waals surface area contributed by atoms with Crippen molar-refractivity contribution in [2.75, 3.05) is 12.3 Å². The molecule has 0 radical (unpaired) electrons. The van der Waals surface area contributed by atoms with Crippen LogP contribution in [0.2, 0.25) is 0 Å². The predicted octanol–water partition coefficient (Wildman–Crippen LogP) is 4.92. The van der Waals surface area contributed by atoms with Gasteiger partial charge in [0.1, 0.15) is 0 Å². The zero-order chi connectivity index (χ0) is 20.9. The van der Waals surface area contributed by atoms with Gasteiger partial charge in [-0.15, -0.1) is 21.5 Å². The van der Waals surface area contributed by atoms with E-state index in [0.29, 0.717) is 12.3 Å². The molecule has 30 heavy (non-hydrogen) atoms. The number of nitrogens with zero attached hydrogens (tertiary/aromatic N) is 3. The molecule has 0 spiro atoms. The lowest BCUT2D eigenvalue weighted by molar-refractivity contribution is -0.118. The van der Waals surface area contributed by atoms with Crippen LogP contribution in [0.3, 0.4) is 0 Å². The van der Waals surface area contributed by atoms with E-state index in [2.05, 4.69) is 51.4 Å². The van der Waals surface area contributed by atoms with E-state index in [1.165, 1.54) is 52.6 Å². The Kier molecular flexibility index (Phi) is 6.89. The van der Waals surface area contributed by atoms with Gasteiger partial charge in [0, 0.05) is 28.4 Å². The van der Waals surface area contributed by atoms with Crippen LogP contribution in [-0.4, -0.2) is 33.0 Å². The van der Waals surface area contributed by atoms with Crippen molar-refractivity contribution in [2.24, 2.45) is 0 Å². The van der Waals surface area contributed by atoms with E-state index in [4.69, 9.17) is 0 Å². The lowest BCUT2D eigenvalue weighted by Crippen LogP contribution is -2.27. The average Bonchev–Trinajstić information content (AvgIpc) is 3.37. The first-order chi connectivity index (χ1) is 14.6. The Hall–Kier alpha value is -2.12. The Bertz CT molecular complexity index is 994. The third-order valence-electron chi connectivity index (χ3n) is 5.39. The van der Waals surface area contributed by atoms with Crippen molar-refractivity contribution in [3.8, 4) is 11.4 Å². The Morgan fingerprint density at radius 2 is 2.00 bits per heavy atom. The number of hydrogen-bond acceptors (Lipinski definition) is 5. The second kappa shape index (κ2) is 9.79. The van der Waals surface area contributed by atoms with E-state index in [0.717, 1.165) is 23.8 Å². The summed E-state index contributed by atoms with van der Waals surface area (Å²) in [7, 11) is 0. The van der Waals surface area contributed by atoms with Crippen LogP contribution in [0.25, 0.3) is 11.4 Å². The molecular formula is C23H28N4OS2. The SMILES string of the molecule is CC(C)n1c(SCC(=O)NCCc2ccccc2)nnc1-c1csc2c1CCCC2. The quantitative estimate of drug-likeness (QED) is 0.505. The van der Waals surface area contributed by atoms with Gasteiger partial charge in [0.25, 0.3) is 0 Å². The highest BCUT2D eigenvalue weighted by atomic mass is 32.2. The summed E-state index contributed by atoms with van der Waals surface area (Å²) < 4.78 is 2.18. The predicted molar refractivity (Wildman–Crippen MR) is 124 cm³/mol. The number of hydrogen-bond donors (Lipinski definition) is 1. The number of aryl methyl sites for hydroxylation is 1. The molecule has 0 fully saturated rings. The van der Waals surface area contributed by atoms with Crippen molar-refractivity contribution < 1.29 is 4.79 Å². The minimum Gasteiger partial charge on any atom is -0.355 e. The van der Waals surface area contributed by atoms with Crippen molar-refractivity contribution in [2.45, 2.75) is 57.1 Å². The molecule has 2 heterocycles. The van der Waals surface area contributed by atoms with Crippen LogP contribution in [0.5, 0.6) is 0 Å². The lowest BCUT2D eigenvalue weighted by atomic mass is 9.95. The summed E-state index contributed by atoms with van der Waals surface area (Å²) in [5.41, 5.74) is 3.92. The largest absolute Gasteiger partial charge is 0.355 e. The average molecular weight is 441 g/mol. The van der Waals surface area contributed by atoms with Gasteiger partial charge in [-0.2, -0.15) is 0 Å². The highest BCUT2D eigenvalue weighted by Gasteiger charge is 2.23. The van der Waals surface area contributed by atoms with Gasteiger partial charge in [0.2, 0.25) is 5.91 Å². The van der Waals surface area contributed by atoms with Gasteiger partial charge in [-0.1, -0.05) is 42.1 Å². The number of thioether (sulfide) groups is 1. The molecule has 0 unspecified atom stereocenters. The van der Waals surface area contributed by atoms with E-state index in [1.807, 2.05) is 29.5 Å². The summed E-state index contributed by atoms with van der Waals surface area (Å²) in [5.74, 6) is 1.32. The number of nitrogens with one attached hydrogen (secondary N) is 1. The Balaban J connectivity index is 1.40. The number of amides is 1. The Morgan fingerprint density at radius 1 is 1.20 bits per heavy atom. The molecule has 0 saturated heterocycles. The van der Waals surface area contributed by atoms with Gasteiger partial charge < -0.3 is 5.32 Å². The summed E-state index contributed by atoms with van der Waals surface area (Å²) in [6.07, 6.45) is 5.68. The van der Waals surface area contributed by atoms with E-state index < -0.39 is 0 Å². The standard InChI is InChI=1S/C23H28N4OS2/c1-16(2)27-22(19-14-29-20-11-7-6-10-18(19)20)25-26-23(27)30-15-21(28)24-13-12-17-8-4-3-5-9-17/h3-5,8-9,14,16H,6-7,10-13,15H2,1-2H3,(H,24,28). The molecule has 3 aromatic rings. The fourth-order valence-electron chi connectivity index (χ4n) is 3.88. The maximum Gasteiger partial charge on any atom is 0.230 e. The molecule has 0 aliphatic heterocycles. The monoisotopic (exact) mass is 440 g/mol. The van der Waals surface area contributed by atoms with Crippen molar-refractivity contribution in [3.63, 3.8) is 0 Å². The molecule has 1 aliphatic rings. The first-order valence-corrected chi connectivity index (χ1v) is 12.5. The normalized spacial score (nSPS) is 13.4. The number of fused-ring (bicyclic) bond motifs is 1. The van der Waals surface area contributed by atoms with Crippen molar-refractivity contribution in [1.82, 2.24) is 20.1 Å². The number of thiophene rings is 1. The number of rotatable bonds is 8. The van der Waals surface area contributed by atoms with Gasteiger partial charge in [-0.05, 0) is 57.1 Å². The number of benzene rings is 1. The molecule has 0 atom stereocenters. The van der Waals surface area contributed by atoms with Crippen LogP contribution in [-0.2, 0) is 24.1 Å². The Labute approximate surface area is 186 Å². The zero-order valence-electron chi connectivity index (χ0n) is 17.6. The molecule has 0 bridgehead atoms. The van der Waals surface area contributed by atoms with Crippen molar-refractivity contribution in [1.29, 1.82) is 0 Å². The van der Waals surface area contributed by atoms with E-state index in [9.17, 15) is 4.79 Å². The highest BCUT2D eigenvalue weighted by Crippen LogP contribution is 2.37. The van der Waals surface area contributed by atoms with E-state index in [1.54, 1.807) is 0 Å². The van der Waals surface area contributed by atoms with Gasteiger partial charge >= 0.3 is 0 Å². The maximum atomic E-state index is 12.3. The minimum absolute atomic E-state index is 0.0312. The minimum atomic E-state index is 0.0312. The van der Waals surface area contributed by atoms with E-state index >= 15 is 0 Å². The fourth-order valence-corrected chi connectivity index (χ4v) is 5.90. The molecule has 5 nitrogen and oxygen atoms in total. The first-order valence-electron chi connectivity index (χ1n) is 10.6. The smallest absolute Gasteiger partial charge is 0.230 e. The van der Waals surface area contributed by atoms with Crippen molar-refractivity contribution in [3.05, 3.63) is 51.7 Å². The third kappa shape index (κ3) is 4.78. The summed E-state index contributed by atoms with van der Waals surface area (Å²) in [4.78, 5) is 13.8.